The molecule has 1 N–H and O–H groups in total. The molecule has 0 atom stereocenters. The number of carbonyl (C=O) groups excluding carboxylic acids is 1. The third kappa shape index (κ3) is 3.89. The fraction of sp³-hybridized carbons (Fsp3) is 0.353. The van der Waals surface area contributed by atoms with Gasteiger partial charge in [-0.2, -0.15) is 13.2 Å². The van der Waals surface area contributed by atoms with E-state index in [1.54, 1.807) is 6.92 Å². The molecule has 2 aromatic rings. The lowest BCUT2D eigenvalue weighted by molar-refractivity contribution is -0.136. The highest BCUT2D eigenvalue weighted by atomic mass is 19.4. The van der Waals surface area contributed by atoms with Crippen LogP contribution in [0.25, 0.3) is 0 Å². The van der Waals surface area contributed by atoms with Gasteiger partial charge in [-0.15, -0.1) is 0 Å². The highest BCUT2D eigenvalue weighted by Gasteiger charge is 2.33. The number of halogens is 3. The first-order valence-electron chi connectivity index (χ1n) is 7.93. The summed E-state index contributed by atoms with van der Waals surface area (Å²) in [6.07, 6.45) is -2.50. The fourth-order valence-corrected chi connectivity index (χ4v) is 2.75. The van der Waals surface area contributed by atoms with E-state index in [1.165, 1.54) is 24.3 Å². The number of amides is 1. The van der Waals surface area contributed by atoms with E-state index in [1.807, 2.05) is 4.90 Å². The second-order valence-electron chi connectivity index (χ2n) is 5.89. The Balaban J connectivity index is 1.87. The minimum Gasteiger partial charge on any atom is -0.341 e. The summed E-state index contributed by atoms with van der Waals surface area (Å²) in [5, 5.41) is 2.31. The van der Waals surface area contributed by atoms with Gasteiger partial charge in [0.15, 0.2) is 0 Å². The van der Waals surface area contributed by atoms with Gasteiger partial charge in [-0.05, 0) is 38.0 Å². The molecule has 8 heteroatoms. The van der Waals surface area contributed by atoms with Gasteiger partial charge in [0.25, 0.3) is 5.91 Å². The molecule has 1 aliphatic rings. The van der Waals surface area contributed by atoms with Crippen LogP contribution in [-0.2, 0) is 6.18 Å². The fourth-order valence-electron chi connectivity index (χ4n) is 2.75. The molecule has 0 spiro atoms. The van der Waals surface area contributed by atoms with E-state index in [0.29, 0.717) is 11.6 Å². The predicted molar refractivity (Wildman–Crippen MR) is 87.6 cm³/mol. The van der Waals surface area contributed by atoms with Gasteiger partial charge >= 0.3 is 6.18 Å². The largest absolute Gasteiger partial charge is 0.418 e. The number of hydrogen-bond donors (Lipinski definition) is 1. The van der Waals surface area contributed by atoms with Crippen molar-refractivity contribution in [2.75, 3.05) is 23.3 Å². The number of alkyl halides is 3. The van der Waals surface area contributed by atoms with E-state index in [2.05, 4.69) is 15.3 Å². The molecule has 3 rings (SSSR count). The molecule has 2 heterocycles. The summed E-state index contributed by atoms with van der Waals surface area (Å²) >= 11 is 0. The molecule has 1 fully saturated rings. The molecule has 1 aliphatic heterocycles. The molecule has 1 saturated heterocycles. The zero-order chi connectivity index (χ0) is 18.0. The lowest BCUT2D eigenvalue weighted by Gasteiger charge is -2.17. The second-order valence-corrected chi connectivity index (χ2v) is 5.89. The first kappa shape index (κ1) is 17.2. The third-order valence-corrected chi connectivity index (χ3v) is 3.94. The van der Waals surface area contributed by atoms with Crippen LogP contribution in [0.5, 0.6) is 0 Å². The van der Waals surface area contributed by atoms with E-state index in [0.717, 1.165) is 32.0 Å². The Labute approximate surface area is 142 Å². The van der Waals surface area contributed by atoms with Gasteiger partial charge in [-0.25, -0.2) is 9.97 Å². The Morgan fingerprint density at radius 3 is 2.52 bits per heavy atom. The van der Waals surface area contributed by atoms with E-state index in [4.69, 9.17) is 0 Å². The first-order valence-corrected chi connectivity index (χ1v) is 7.93. The number of rotatable bonds is 3. The Hall–Kier alpha value is -2.64. The lowest BCUT2D eigenvalue weighted by atomic mass is 10.1. The Morgan fingerprint density at radius 2 is 1.84 bits per heavy atom. The van der Waals surface area contributed by atoms with Crippen LogP contribution in [0.3, 0.4) is 0 Å². The Morgan fingerprint density at radius 1 is 1.16 bits per heavy atom. The van der Waals surface area contributed by atoms with Crippen molar-refractivity contribution in [3.05, 3.63) is 47.3 Å². The topological polar surface area (TPSA) is 58.1 Å². The highest BCUT2D eigenvalue weighted by Crippen LogP contribution is 2.34. The summed E-state index contributed by atoms with van der Waals surface area (Å²) in [6, 6.07) is 6.32. The molecular weight excluding hydrogens is 333 g/mol. The molecule has 1 aromatic heterocycles. The maximum absolute atomic E-state index is 13.1. The lowest BCUT2D eigenvalue weighted by Crippen LogP contribution is -2.23. The normalized spacial score (nSPS) is 14.6. The Kier molecular flexibility index (Phi) is 4.61. The minimum absolute atomic E-state index is 0.0476. The average Bonchev–Trinajstić information content (AvgIpc) is 3.08. The summed E-state index contributed by atoms with van der Waals surface area (Å²) < 4.78 is 39.2. The molecule has 0 aliphatic carbocycles. The average molecular weight is 350 g/mol. The van der Waals surface area contributed by atoms with Crippen molar-refractivity contribution in [3.8, 4) is 0 Å². The van der Waals surface area contributed by atoms with Crippen molar-refractivity contribution < 1.29 is 18.0 Å². The molecule has 0 unspecified atom stereocenters. The summed E-state index contributed by atoms with van der Waals surface area (Å²) in [5.41, 5.74) is -0.551. The van der Waals surface area contributed by atoms with Crippen molar-refractivity contribution >= 4 is 17.5 Å². The molecule has 132 valence electrons. The van der Waals surface area contributed by atoms with Crippen LogP contribution < -0.4 is 10.2 Å². The van der Waals surface area contributed by atoms with Crippen LogP contribution in [-0.4, -0.2) is 29.0 Å². The molecule has 25 heavy (non-hydrogen) atoms. The summed E-state index contributed by atoms with van der Waals surface area (Å²) in [4.78, 5) is 22.9. The molecular formula is C17H17F3N4O. The standard InChI is InChI=1S/C17H17F3N4O/c1-11-10-14(23-16(21-11)24-8-4-5-9-24)15(25)22-13-7-3-2-6-12(13)17(18,19)20/h2-3,6-7,10H,4-5,8-9H2,1H3,(H,22,25). The predicted octanol–water partition coefficient (Wildman–Crippen LogP) is 3.66. The number of benzene rings is 1. The molecule has 5 nitrogen and oxygen atoms in total. The van der Waals surface area contributed by atoms with Gasteiger partial charge in [0.05, 0.1) is 11.3 Å². The summed E-state index contributed by atoms with van der Waals surface area (Å²) in [6.45, 7) is 3.34. The zero-order valence-corrected chi connectivity index (χ0v) is 13.6. The van der Waals surface area contributed by atoms with Gasteiger partial charge in [-0.3, -0.25) is 4.79 Å². The molecule has 0 bridgehead atoms. The van der Waals surface area contributed by atoms with Crippen molar-refractivity contribution in [2.24, 2.45) is 0 Å². The number of para-hydroxylation sites is 1. The maximum Gasteiger partial charge on any atom is 0.418 e. The first-order chi connectivity index (χ1) is 11.8. The number of nitrogens with one attached hydrogen (secondary N) is 1. The van der Waals surface area contributed by atoms with E-state index in [9.17, 15) is 18.0 Å². The summed E-state index contributed by atoms with van der Waals surface area (Å²) in [7, 11) is 0. The highest BCUT2D eigenvalue weighted by molar-refractivity contribution is 6.03. The van der Waals surface area contributed by atoms with Crippen LogP contribution in [0.15, 0.2) is 30.3 Å². The number of anilines is 2. The molecule has 1 amide bonds. The van der Waals surface area contributed by atoms with Gasteiger partial charge in [0.2, 0.25) is 5.95 Å². The van der Waals surface area contributed by atoms with E-state index < -0.39 is 17.6 Å². The van der Waals surface area contributed by atoms with Crippen LogP contribution in [0.4, 0.5) is 24.8 Å². The van der Waals surface area contributed by atoms with E-state index in [-0.39, 0.29) is 11.4 Å². The molecule has 0 saturated carbocycles. The quantitative estimate of drug-likeness (QED) is 0.918. The number of hydrogen-bond acceptors (Lipinski definition) is 4. The van der Waals surface area contributed by atoms with Crippen molar-refractivity contribution in [2.45, 2.75) is 25.9 Å². The van der Waals surface area contributed by atoms with Crippen molar-refractivity contribution in [3.63, 3.8) is 0 Å². The van der Waals surface area contributed by atoms with Gasteiger partial charge in [0.1, 0.15) is 5.69 Å². The number of carbonyl (C=O) groups is 1. The Bertz CT molecular complexity index is 786. The smallest absolute Gasteiger partial charge is 0.341 e. The maximum atomic E-state index is 13.1. The van der Waals surface area contributed by atoms with Gasteiger partial charge in [0, 0.05) is 18.8 Å². The monoisotopic (exact) mass is 350 g/mol. The second kappa shape index (κ2) is 6.70. The van der Waals surface area contributed by atoms with Crippen molar-refractivity contribution in [1.29, 1.82) is 0 Å². The summed E-state index contributed by atoms with van der Waals surface area (Å²) in [5.74, 6) is -0.255. The number of aromatic nitrogens is 2. The minimum atomic E-state index is -4.55. The number of nitrogens with zero attached hydrogens (tertiary/aromatic N) is 3. The number of aryl methyl sites for hydroxylation is 1. The SMILES string of the molecule is Cc1cc(C(=O)Nc2ccccc2C(F)(F)F)nc(N2CCCC2)n1. The van der Waals surface area contributed by atoms with E-state index >= 15 is 0 Å². The molecule has 1 aromatic carbocycles. The third-order valence-electron chi connectivity index (χ3n) is 3.94. The van der Waals surface area contributed by atoms with Crippen LogP contribution in [0, 0.1) is 6.92 Å². The molecule has 0 radical (unpaired) electrons. The van der Waals surface area contributed by atoms with Gasteiger partial charge in [-0.1, -0.05) is 12.1 Å². The zero-order valence-electron chi connectivity index (χ0n) is 13.6. The van der Waals surface area contributed by atoms with Crippen LogP contribution in [0.2, 0.25) is 0 Å². The van der Waals surface area contributed by atoms with Crippen LogP contribution >= 0.6 is 0 Å². The van der Waals surface area contributed by atoms with Crippen molar-refractivity contribution in [1.82, 2.24) is 9.97 Å². The van der Waals surface area contributed by atoms with Crippen LogP contribution in [0.1, 0.15) is 34.6 Å². The van der Waals surface area contributed by atoms with Gasteiger partial charge < -0.3 is 10.2 Å².